The van der Waals surface area contributed by atoms with Gasteiger partial charge < -0.3 is 10.2 Å². The molecule has 114 valence electrons. The molecule has 0 saturated carbocycles. The van der Waals surface area contributed by atoms with Crippen LogP contribution in [0.1, 0.15) is 39.3 Å². The summed E-state index contributed by atoms with van der Waals surface area (Å²) in [4.78, 5) is 26.6. The molecule has 1 aliphatic heterocycles. The molecular formula is C15H22N4O2. The SMILES string of the molecule is CCC(C)C1NC(=O)C(CC)N(Cc2cccnn2)C1=O. The minimum Gasteiger partial charge on any atom is -0.342 e. The Kier molecular flexibility index (Phi) is 4.88. The van der Waals surface area contributed by atoms with Crippen molar-refractivity contribution in [3.05, 3.63) is 24.0 Å². The summed E-state index contributed by atoms with van der Waals surface area (Å²) in [5.41, 5.74) is 0.696. The average molecular weight is 290 g/mol. The third-order valence-corrected chi connectivity index (χ3v) is 4.09. The molecule has 1 aromatic rings. The maximum Gasteiger partial charge on any atom is 0.246 e. The van der Waals surface area contributed by atoms with Gasteiger partial charge in [0, 0.05) is 6.20 Å². The Labute approximate surface area is 124 Å². The van der Waals surface area contributed by atoms with Gasteiger partial charge in [0.1, 0.15) is 12.1 Å². The standard InChI is InChI=1S/C15H22N4O2/c1-4-10(3)13-15(21)19(12(5-2)14(20)17-13)9-11-7-6-8-16-18-11/h6-8,10,12-13H,4-5,9H2,1-3H3,(H,17,20). The third-order valence-electron chi connectivity index (χ3n) is 4.09. The van der Waals surface area contributed by atoms with Gasteiger partial charge in [0.25, 0.3) is 0 Å². The second-order valence-electron chi connectivity index (χ2n) is 5.48. The number of nitrogens with zero attached hydrogens (tertiary/aromatic N) is 3. The molecule has 0 bridgehead atoms. The predicted octanol–water partition coefficient (Wildman–Crippen LogP) is 1.13. The number of carbonyl (C=O) groups excluding carboxylic acids is 2. The first kappa shape index (κ1) is 15.4. The average Bonchev–Trinajstić information content (AvgIpc) is 2.51. The van der Waals surface area contributed by atoms with Crippen LogP contribution >= 0.6 is 0 Å². The van der Waals surface area contributed by atoms with E-state index in [0.29, 0.717) is 18.7 Å². The van der Waals surface area contributed by atoms with E-state index in [2.05, 4.69) is 15.5 Å². The Morgan fingerprint density at radius 2 is 2.14 bits per heavy atom. The van der Waals surface area contributed by atoms with Crippen LogP contribution in [0.15, 0.2) is 18.3 Å². The van der Waals surface area contributed by atoms with Crippen molar-refractivity contribution in [1.29, 1.82) is 0 Å². The quantitative estimate of drug-likeness (QED) is 0.882. The molecule has 1 N–H and O–H groups in total. The summed E-state index contributed by atoms with van der Waals surface area (Å²) in [6.07, 6.45) is 3.02. The van der Waals surface area contributed by atoms with E-state index in [1.165, 1.54) is 0 Å². The van der Waals surface area contributed by atoms with Gasteiger partial charge in [-0.15, -0.1) is 0 Å². The topological polar surface area (TPSA) is 75.2 Å². The van der Waals surface area contributed by atoms with Gasteiger partial charge in [-0.2, -0.15) is 10.2 Å². The summed E-state index contributed by atoms with van der Waals surface area (Å²) in [5, 5.41) is 10.7. The van der Waals surface area contributed by atoms with Gasteiger partial charge in [0.05, 0.1) is 12.2 Å². The molecule has 2 heterocycles. The second kappa shape index (κ2) is 6.65. The van der Waals surface area contributed by atoms with Crippen molar-refractivity contribution < 1.29 is 9.59 Å². The fourth-order valence-corrected chi connectivity index (χ4v) is 2.59. The second-order valence-corrected chi connectivity index (χ2v) is 5.48. The Hall–Kier alpha value is -1.98. The van der Waals surface area contributed by atoms with E-state index in [1.807, 2.05) is 26.8 Å². The fourth-order valence-electron chi connectivity index (χ4n) is 2.59. The monoisotopic (exact) mass is 290 g/mol. The van der Waals surface area contributed by atoms with Crippen LogP contribution in [0, 0.1) is 5.92 Å². The largest absolute Gasteiger partial charge is 0.342 e. The first-order valence-corrected chi connectivity index (χ1v) is 7.45. The lowest BCUT2D eigenvalue weighted by molar-refractivity contribution is -0.151. The van der Waals surface area contributed by atoms with E-state index < -0.39 is 12.1 Å². The van der Waals surface area contributed by atoms with Crippen molar-refractivity contribution in [2.24, 2.45) is 5.92 Å². The Morgan fingerprint density at radius 1 is 1.38 bits per heavy atom. The highest BCUT2D eigenvalue weighted by molar-refractivity contribution is 5.97. The van der Waals surface area contributed by atoms with E-state index in [4.69, 9.17) is 0 Å². The highest BCUT2D eigenvalue weighted by atomic mass is 16.2. The van der Waals surface area contributed by atoms with Gasteiger partial charge in [-0.25, -0.2) is 0 Å². The number of hydrogen-bond acceptors (Lipinski definition) is 4. The first-order valence-electron chi connectivity index (χ1n) is 7.45. The van der Waals surface area contributed by atoms with Crippen LogP contribution < -0.4 is 5.32 Å². The van der Waals surface area contributed by atoms with E-state index in [9.17, 15) is 9.59 Å². The number of piperazine rings is 1. The van der Waals surface area contributed by atoms with E-state index in [-0.39, 0.29) is 17.7 Å². The normalized spacial score (nSPS) is 23.9. The molecule has 0 radical (unpaired) electrons. The fraction of sp³-hybridized carbons (Fsp3) is 0.600. The van der Waals surface area contributed by atoms with E-state index >= 15 is 0 Å². The molecule has 1 saturated heterocycles. The maximum atomic E-state index is 12.7. The summed E-state index contributed by atoms with van der Waals surface area (Å²) in [7, 11) is 0. The lowest BCUT2D eigenvalue weighted by atomic mass is 9.93. The van der Waals surface area contributed by atoms with Crippen LogP contribution in [0.3, 0.4) is 0 Å². The molecule has 0 aliphatic carbocycles. The molecule has 0 aromatic carbocycles. The molecule has 1 fully saturated rings. The zero-order valence-corrected chi connectivity index (χ0v) is 12.7. The maximum absolute atomic E-state index is 12.7. The van der Waals surface area contributed by atoms with Gasteiger partial charge in [0.2, 0.25) is 11.8 Å². The minimum atomic E-state index is -0.443. The van der Waals surface area contributed by atoms with E-state index in [1.54, 1.807) is 17.2 Å². The lowest BCUT2D eigenvalue weighted by Crippen LogP contribution is -2.64. The van der Waals surface area contributed by atoms with Crippen molar-refractivity contribution in [3.8, 4) is 0 Å². The summed E-state index contributed by atoms with van der Waals surface area (Å²) in [6.45, 7) is 6.23. The van der Waals surface area contributed by atoms with Crippen LogP contribution in [-0.4, -0.2) is 39.0 Å². The van der Waals surface area contributed by atoms with Crippen LogP contribution in [-0.2, 0) is 16.1 Å². The predicted molar refractivity (Wildman–Crippen MR) is 78.0 cm³/mol. The lowest BCUT2D eigenvalue weighted by Gasteiger charge is -2.40. The first-order chi connectivity index (χ1) is 10.1. The number of nitrogens with one attached hydrogen (secondary N) is 1. The summed E-state index contributed by atoms with van der Waals surface area (Å²) >= 11 is 0. The molecule has 0 spiro atoms. The molecule has 1 aromatic heterocycles. The Balaban J connectivity index is 2.24. The van der Waals surface area contributed by atoms with E-state index in [0.717, 1.165) is 6.42 Å². The highest BCUT2D eigenvalue weighted by Crippen LogP contribution is 2.21. The zero-order chi connectivity index (χ0) is 15.4. The number of carbonyl (C=O) groups is 2. The molecule has 6 nitrogen and oxygen atoms in total. The van der Waals surface area contributed by atoms with Gasteiger partial charge in [-0.05, 0) is 24.5 Å². The molecule has 1 aliphatic rings. The third kappa shape index (κ3) is 3.20. The van der Waals surface area contributed by atoms with Crippen LogP contribution in [0.5, 0.6) is 0 Å². The molecule has 3 atom stereocenters. The Morgan fingerprint density at radius 3 is 2.71 bits per heavy atom. The molecule has 6 heteroatoms. The van der Waals surface area contributed by atoms with Crippen molar-refractivity contribution in [3.63, 3.8) is 0 Å². The van der Waals surface area contributed by atoms with Gasteiger partial charge in [-0.1, -0.05) is 27.2 Å². The molecule has 3 unspecified atom stereocenters. The molecular weight excluding hydrogens is 268 g/mol. The summed E-state index contributed by atoms with van der Waals surface area (Å²) in [6, 6.07) is 2.73. The zero-order valence-electron chi connectivity index (χ0n) is 12.7. The Bertz CT molecular complexity index is 506. The van der Waals surface area contributed by atoms with Gasteiger partial charge in [0.15, 0.2) is 0 Å². The smallest absolute Gasteiger partial charge is 0.246 e. The van der Waals surface area contributed by atoms with Crippen molar-refractivity contribution in [2.75, 3.05) is 0 Å². The molecule has 21 heavy (non-hydrogen) atoms. The summed E-state index contributed by atoms with van der Waals surface area (Å²) in [5.74, 6) is 0.0105. The van der Waals surface area contributed by atoms with Gasteiger partial charge >= 0.3 is 0 Å². The minimum absolute atomic E-state index is 0.0264. The van der Waals surface area contributed by atoms with Crippen LogP contribution in [0.25, 0.3) is 0 Å². The number of aromatic nitrogens is 2. The summed E-state index contributed by atoms with van der Waals surface area (Å²) < 4.78 is 0. The van der Waals surface area contributed by atoms with Crippen molar-refractivity contribution >= 4 is 11.8 Å². The number of hydrogen-bond donors (Lipinski definition) is 1. The van der Waals surface area contributed by atoms with Gasteiger partial charge in [-0.3, -0.25) is 9.59 Å². The van der Waals surface area contributed by atoms with Crippen LogP contribution in [0.4, 0.5) is 0 Å². The highest BCUT2D eigenvalue weighted by Gasteiger charge is 2.41. The molecule has 2 rings (SSSR count). The van der Waals surface area contributed by atoms with Crippen molar-refractivity contribution in [2.45, 2.75) is 52.2 Å². The molecule has 2 amide bonds. The number of rotatable bonds is 5. The van der Waals surface area contributed by atoms with Crippen LogP contribution in [0.2, 0.25) is 0 Å². The van der Waals surface area contributed by atoms with Crippen molar-refractivity contribution in [1.82, 2.24) is 20.4 Å². The number of amides is 2.